The maximum absolute atomic E-state index is 12.9. The molecule has 2 heterocycles. The van der Waals surface area contributed by atoms with Crippen LogP contribution in [0.4, 0.5) is 4.79 Å². The van der Waals surface area contributed by atoms with Crippen molar-refractivity contribution in [3.8, 4) is 0 Å². The quantitative estimate of drug-likeness (QED) is 0.815. The fourth-order valence-corrected chi connectivity index (χ4v) is 3.89. The number of rotatable bonds is 3. The van der Waals surface area contributed by atoms with Crippen LogP contribution in [0.2, 0.25) is 10.0 Å². The molecule has 25 heavy (non-hydrogen) atoms. The van der Waals surface area contributed by atoms with Crippen LogP contribution in [-0.2, 0) is 15.1 Å². The number of amides is 4. The molecule has 1 N–H and O–H groups in total. The van der Waals surface area contributed by atoms with E-state index in [1.54, 1.807) is 24.0 Å². The molecule has 0 radical (unpaired) electrons. The normalized spacial score (nSPS) is 23.8. The van der Waals surface area contributed by atoms with E-state index in [1.807, 2.05) is 0 Å². The summed E-state index contributed by atoms with van der Waals surface area (Å²) < 4.78 is 0. The molecule has 0 aromatic heterocycles. The van der Waals surface area contributed by atoms with Gasteiger partial charge in [-0.15, -0.1) is 0 Å². The second kappa shape index (κ2) is 6.84. The SMILES string of the molecule is CC1(c2ccc(Cl)cc2Cl)NC(=O)N(CC(=O)N2CCCCC2)C1=O. The molecule has 0 bridgehead atoms. The Kier molecular flexibility index (Phi) is 4.93. The van der Waals surface area contributed by atoms with E-state index in [0.717, 1.165) is 24.2 Å². The molecule has 3 rings (SSSR count). The third kappa shape index (κ3) is 3.33. The average Bonchev–Trinajstić information content (AvgIpc) is 2.79. The Morgan fingerprint density at radius 1 is 1.20 bits per heavy atom. The van der Waals surface area contributed by atoms with Crippen LogP contribution in [0.5, 0.6) is 0 Å². The molecule has 8 heteroatoms. The lowest BCUT2D eigenvalue weighted by Gasteiger charge is -2.28. The minimum absolute atomic E-state index is 0.213. The fourth-order valence-electron chi connectivity index (χ4n) is 3.30. The van der Waals surface area contributed by atoms with Gasteiger partial charge in [0.2, 0.25) is 5.91 Å². The first-order valence-corrected chi connectivity index (χ1v) is 8.96. The summed E-state index contributed by atoms with van der Waals surface area (Å²) in [5, 5.41) is 3.38. The number of nitrogens with one attached hydrogen (secondary N) is 1. The number of nitrogens with zero attached hydrogens (tertiary/aromatic N) is 2. The first-order chi connectivity index (χ1) is 11.8. The second-order valence-electron chi connectivity index (χ2n) is 6.51. The molecule has 2 saturated heterocycles. The lowest BCUT2D eigenvalue weighted by Crippen LogP contribution is -2.45. The molecular formula is C17H19Cl2N3O3. The van der Waals surface area contributed by atoms with Crippen molar-refractivity contribution >= 4 is 41.0 Å². The third-order valence-electron chi connectivity index (χ3n) is 4.75. The molecule has 1 atom stereocenters. The van der Waals surface area contributed by atoms with Crippen molar-refractivity contribution in [1.29, 1.82) is 0 Å². The van der Waals surface area contributed by atoms with Gasteiger partial charge < -0.3 is 10.2 Å². The number of hydrogen-bond acceptors (Lipinski definition) is 3. The zero-order valence-corrected chi connectivity index (χ0v) is 15.4. The average molecular weight is 384 g/mol. The number of benzene rings is 1. The summed E-state index contributed by atoms with van der Waals surface area (Å²) in [7, 11) is 0. The number of piperidine rings is 1. The number of halogens is 2. The van der Waals surface area contributed by atoms with E-state index < -0.39 is 17.5 Å². The molecule has 2 aliphatic rings. The van der Waals surface area contributed by atoms with E-state index >= 15 is 0 Å². The van der Waals surface area contributed by atoms with Gasteiger partial charge in [0, 0.05) is 28.7 Å². The number of imide groups is 1. The molecule has 0 aliphatic carbocycles. The van der Waals surface area contributed by atoms with Gasteiger partial charge in [-0.3, -0.25) is 14.5 Å². The van der Waals surface area contributed by atoms with E-state index in [-0.39, 0.29) is 17.5 Å². The number of carbonyl (C=O) groups is 3. The van der Waals surface area contributed by atoms with Crippen LogP contribution in [0, 0.1) is 0 Å². The second-order valence-corrected chi connectivity index (χ2v) is 7.36. The molecule has 1 unspecified atom stereocenters. The molecule has 1 aromatic rings. The number of likely N-dealkylation sites (tertiary alicyclic amines) is 1. The highest BCUT2D eigenvalue weighted by molar-refractivity contribution is 6.35. The van der Waals surface area contributed by atoms with Crippen LogP contribution in [0.15, 0.2) is 18.2 Å². The van der Waals surface area contributed by atoms with Gasteiger partial charge in [0.05, 0.1) is 0 Å². The standard InChI is InChI=1S/C17H19Cl2N3O3/c1-17(12-6-5-11(18)9-13(12)19)15(24)22(16(25)20-17)10-14(23)21-7-3-2-4-8-21/h5-6,9H,2-4,7-8,10H2,1H3,(H,20,25). The van der Waals surface area contributed by atoms with Crippen molar-refractivity contribution in [2.75, 3.05) is 19.6 Å². The van der Waals surface area contributed by atoms with Gasteiger partial charge >= 0.3 is 6.03 Å². The topological polar surface area (TPSA) is 69.7 Å². The first-order valence-electron chi connectivity index (χ1n) is 8.20. The minimum Gasteiger partial charge on any atom is -0.341 e. The van der Waals surface area contributed by atoms with Gasteiger partial charge in [-0.2, -0.15) is 0 Å². The van der Waals surface area contributed by atoms with Gasteiger partial charge in [0.15, 0.2) is 0 Å². The number of carbonyl (C=O) groups excluding carboxylic acids is 3. The maximum Gasteiger partial charge on any atom is 0.325 e. The van der Waals surface area contributed by atoms with Crippen LogP contribution < -0.4 is 5.32 Å². The summed E-state index contributed by atoms with van der Waals surface area (Å²) in [5.41, 5.74) is -0.870. The van der Waals surface area contributed by atoms with E-state index in [4.69, 9.17) is 23.2 Å². The molecule has 134 valence electrons. The predicted molar refractivity (Wildman–Crippen MR) is 94.5 cm³/mol. The van der Waals surface area contributed by atoms with E-state index in [2.05, 4.69) is 5.32 Å². The highest BCUT2D eigenvalue weighted by Crippen LogP contribution is 2.35. The van der Waals surface area contributed by atoms with Crippen LogP contribution >= 0.6 is 23.2 Å². The van der Waals surface area contributed by atoms with Gasteiger partial charge in [-0.1, -0.05) is 29.3 Å². The molecule has 4 amide bonds. The smallest absolute Gasteiger partial charge is 0.325 e. The Morgan fingerprint density at radius 3 is 2.52 bits per heavy atom. The maximum atomic E-state index is 12.9. The van der Waals surface area contributed by atoms with Crippen molar-refractivity contribution in [1.82, 2.24) is 15.1 Å². The van der Waals surface area contributed by atoms with Gasteiger partial charge in [0.25, 0.3) is 5.91 Å². The largest absolute Gasteiger partial charge is 0.341 e. The zero-order chi connectivity index (χ0) is 18.2. The summed E-state index contributed by atoms with van der Waals surface area (Å²) >= 11 is 12.1. The van der Waals surface area contributed by atoms with Crippen molar-refractivity contribution in [2.24, 2.45) is 0 Å². The number of hydrogen-bond donors (Lipinski definition) is 1. The Balaban J connectivity index is 1.80. The highest BCUT2D eigenvalue weighted by Gasteiger charge is 2.50. The Morgan fingerprint density at radius 2 is 1.88 bits per heavy atom. The van der Waals surface area contributed by atoms with Gasteiger partial charge in [-0.05, 0) is 38.3 Å². The predicted octanol–water partition coefficient (Wildman–Crippen LogP) is 2.77. The van der Waals surface area contributed by atoms with E-state index in [9.17, 15) is 14.4 Å². The summed E-state index contributed by atoms with van der Waals surface area (Å²) in [6.45, 7) is 2.66. The summed E-state index contributed by atoms with van der Waals surface area (Å²) in [4.78, 5) is 40.3. The van der Waals surface area contributed by atoms with Crippen LogP contribution in [0.25, 0.3) is 0 Å². The van der Waals surface area contributed by atoms with E-state index in [1.165, 1.54) is 6.07 Å². The monoisotopic (exact) mass is 383 g/mol. The molecule has 0 saturated carbocycles. The van der Waals surface area contributed by atoms with Crippen LogP contribution in [-0.4, -0.2) is 47.3 Å². The Bertz CT molecular complexity index is 734. The molecule has 1 aromatic carbocycles. The lowest BCUT2D eigenvalue weighted by atomic mass is 9.92. The summed E-state index contributed by atoms with van der Waals surface area (Å²) in [6.07, 6.45) is 2.99. The molecular weight excluding hydrogens is 365 g/mol. The fraction of sp³-hybridized carbons (Fsp3) is 0.471. The molecule has 6 nitrogen and oxygen atoms in total. The highest BCUT2D eigenvalue weighted by atomic mass is 35.5. The van der Waals surface area contributed by atoms with Crippen molar-refractivity contribution in [3.05, 3.63) is 33.8 Å². The van der Waals surface area contributed by atoms with Crippen LogP contribution in [0.1, 0.15) is 31.7 Å². The number of urea groups is 1. The molecule has 2 aliphatic heterocycles. The Hall–Kier alpha value is -1.79. The van der Waals surface area contributed by atoms with Crippen LogP contribution in [0.3, 0.4) is 0 Å². The van der Waals surface area contributed by atoms with Gasteiger partial charge in [0.1, 0.15) is 12.1 Å². The van der Waals surface area contributed by atoms with Crippen molar-refractivity contribution < 1.29 is 14.4 Å². The third-order valence-corrected chi connectivity index (χ3v) is 5.29. The van der Waals surface area contributed by atoms with Crippen molar-refractivity contribution in [3.63, 3.8) is 0 Å². The van der Waals surface area contributed by atoms with E-state index in [0.29, 0.717) is 23.7 Å². The van der Waals surface area contributed by atoms with Crippen molar-refractivity contribution in [2.45, 2.75) is 31.7 Å². The Labute approximate surface area is 156 Å². The molecule has 2 fully saturated rings. The molecule has 0 spiro atoms. The minimum atomic E-state index is -1.32. The summed E-state index contributed by atoms with van der Waals surface area (Å²) in [6, 6.07) is 4.14. The van der Waals surface area contributed by atoms with Gasteiger partial charge in [-0.25, -0.2) is 4.79 Å². The first kappa shape index (κ1) is 18.0. The summed E-state index contributed by atoms with van der Waals surface area (Å²) in [5.74, 6) is -0.707. The lowest BCUT2D eigenvalue weighted by molar-refractivity contribution is -0.139. The zero-order valence-electron chi connectivity index (χ0n) is 13.8.